The Labute approximate surface area is 169 Å². The lowest BCUT2D eigenvalue weighted by atomic mass is 10.2. The van der Waals surface area contributed by atoms with Crippen molar-refractivity contribution in [2.45, 2.75) is 0 Å². The van der Waals surface area contributed by atoms with Crippen LogP contribution < -0.4 is 15.4 Å². The van der Waals surface area contributed by atoms with Gasteiger partial charge in [-0.25, -0.2) is 0 Å². The number of thiocarbonyl (C=S) groups is 1. The van der Waals surface area contributed by atoms with Crippen molar-refractivity contribution in [1.82, 2.24) is 5.32 Å². The number of ether oxygens (including phenoxy) is 1. The van der Waals surface area contributed by atoms with Crippen LogP contribution in [-0.4, -0.2) is 18.1 Å². The maximum absolute atomic E-state index is 11.9. The monoisotopic (exact) mass is 458 g/mol. The third kappa shape index (κ3) is 6.01. The van der Waals surface area contributed by atoms with Crippen molar-refractivity contribution in [3.05, 3.63) is 62.6 Å². The molecule has 0 aromatic heterocycles. The molecule has 2 aromatic carbocycles. The van der Waals surface area contributed by atoms with E-state index in [0.29, 0.717) is 27.0 Å². The number of benzene rings is 2. The summed E-state index contributed by atoms with van der Waals surface area (Å²) in [5, 5.41) is 6.64. The molecule has 8 heteroatoms. The molecule has 0 unspecified atom stereocenters. The molecule has 130 valence electrons. The van der Waals surface area contributed by atoms with Gasteiger partial charge in [0.1, 0.15) is 5.75 Å². The zero-order valence-corrected chi connectivity index (χ0v) is 16.9. The predicted octanol–water partition coefficient (Wildman–Crippen LogP) is 5.29. The number of carbonyl (C=O) groups is 1. The Balaban J connectivity index is 1.94. The largest absolute Gasteiger partial charge is 0.496 e. The van der Waals surface area contributed by atoms with Crippen molar-refractivity contribution in [2.24, 2.45) is 0 Å². The van der Waals surface area contributed by atoms with Crippen molar-refractivity contribution < 1.29 is 9.53 Å². The molecule has 25 heavy (non-hydrogen) atoms. The molecule has 0 aliphatic heterocycles. The molecule has 0 atom stereocenters. The Hall–Kier alpha value is -1.60. The van der Waals surface area contributed by atoms with Gasteiger partial charge in [0.2, 0.25) is 5.91 Å². The van der Waals surface area contributed by atoms with Crippen molar-refractivity contribution in [3.8, 4) is 5.75 Å². The summed E-state index contributed by atoms with van der Waals surface area (Å²) in [5.74, 6) is 0.319. The van der Waals surface area contributed by atoms with Gasteiger partial charge in [-0.15, -0.1) is 0 Å². The van der Waals surface area contributed by atoms with Gasteiger partial charge in [-0.2, -0.15) is 0 Å². The van der Waals surface area contributed by atoms with E-state index in [9.17, 15) is 4.79 Å². The molecule has 0 saturated heterocycles. The average molecular weight is 460 g/mol. The van der Waals surface area contributed by atoms with E-state index < -0.39 is 0 Å². The summed E-state index contributed by atoms with van der Waals surface area (Å²) in [6.07, 6.45) is 2.92. The van der Waals surface area contributed by atoms with Crippen LogP contribution in [0.3, 0.4) is 0 Å². The van der Waals surface area contributed by atoms with E-state index in [-0.39, 0.29) is 11.0 Å². The minimum Gasteiger partial charge on any atom is -0.496 e. The fourth-order valence-corrected chi connectivity index (χ4v) is 3.09. The number of methoxy groups -OCH3 is 1. The van der Waals surface area contributed by atoms with Gasteiger partial charge in [0.25, 0.3) is 0 Å². The molecule has 0 spiro atoms. The SMILES string of the molecule is COc1ccc(NC(=S)NC(=O)C=Cc2ccc(Cl)cc2Cl)cc1Br. The Morgan fingerprint density at radius 1 is 1.24 bits per heavy atom. The van der Waals surface area contributed by atoms with Gasteiger partial charge in [0.15, 0.2) is 5.11 Å². The van der Waals surface area contributed by atoms with Crippen molar-refractivity contribution in [2.75, 3.05) is 12.4 Å². The molecular weight excluding hydrogens is 447 g/mol. The summed E-state index contributed by atoms with van der Waals surface area (Å²) >= 11 is 20.4. The third-order valence-corrected chi connectivity index (χ3v) is 4.41. The quantitative estimate of drug-likeness (QED) is 0.481. The average Bonchev–Trinajstić information content (AvgIpc) is 2.54. The second kappa shape index (κ2) is 9.20. The van der Waals surface area contributed by atoms with Crippen molar-refractivity contribution in [3.63, 3.8) is 0 Å². The van der Waals surface area contributed by atoms with Crippen LogP contribution in [0.1, 0.15) is 5.56 Å². The summed E-state index contributed by atoms with van der Waals surface area (Å²) in [6, 6.07) is 10.4. The number of amides is 1. The van der Waals surface area contributed by atoms with E-state index in [1.807, 2.05) is 0 Å². The lowest BCUT2D eigenvalue weighted by Crippen LogP contribution is -2.32. The molecule has 1 amide bonds. The maximum Gasteiger partial charge on any atom is 0.250 e. The molecule has 0 aliphatic carbocycles. The van der Waals surface area contributed by atoms with Gasteiger partial charge in [0.05, 0.1) is 11.6 Å². The van der Waals surface area contributed by atoms with E-state index in [2.05, 4.69) is 26.6 Å². The number of hydrogen-bond acceptors (Lipinski definition) is 3. The molecule has 0 radical (unpaired) electrons. The first-order valence-electron chi connectivity index (χ1n) is 6.97. The van der Waals surface area contributed by atoms with E-state index in [4.69, 9.17) is 40.2 Å². The molecule has 2 rings (SSSR count). The van der Waals surface area contributed by atoms with Crippen LogP contribution in [0.4, 0.5) is 5.69 Å². The number of anilines is 1. The molecule has 4 nitrogen and oxygen atoms in total. The highest BCUT2D eigenvalue weighted by Gasteiger charge is 2.05. The van der Waals surface area contributed by atoms with Crippen LogP contribution in [0.25, 0.3) is 6.08 Å². The third-order valence-electron chi connectivity index (χ3n) is 3.02. The summed E-state index contributed by atoms with van der Waals surface area (Å²) in [5.41, 5.74) is 1.39. The number of rotatable bonds is 4. The second-order valence-electron chi connectivity index (χ2n) is 4.79. The number of nitrogens with one attached hydrogen (secondary N) is 2. The molecule has 0 saturated carbocycles. The van der Waals surface area contributed by atoms with Crippen LogP contribution in [0.5, 0.6) is 5.75 Å². The molecule has 2 aromatic rings. The van der Waals surface area contributed by atoms with Gasteiger partial charge in [0, 0.05) is 21.8 Å². The van der Waals surface area contributed by atoms with Crippen LogP contribution in [-0.2, 0) is 4.79 Å². The van der Waals surface area contributed by atoms with Gasteiger partial charge < -0.3 is 10.1 Å². The van der Waals surface area contributed by atoms with Gasteiger partial charge >= 0.3 is 0 Å². The standard InChI is InChI=1S/C17H13BrCl2N2O2S/c1-24-15-6-5-12(9-13(15)18)21-17(25)22-16(23)7-3-10-2-4-11(19)8-14(10)20/h2-9H,1H3,(H2,21,22,23,25). The molecule has 0 bridgehead atoms. The molecule has 0 aliphatic rings. The normalized spacial score (nSPS) is 10.6. The fraction of sp³-hybridized carbons (Fsp3) is 0.0588. The lowest BCUT2D eigenvalue weighted by Gasteiger charge is -2.10. The highest BCUT2D eigenvalue weighted by molar-refractivity contribution is 9.10. The number of carbonyl (C=O) groups excluding carboxylic acids is 1. The second-order valence-corrected chi connectivity index (χ2v) is 6.90. The summed E-state index contributed by atoms with van der Waals surface area (Å²) < 4.78 is 5.92. The topological polar surface area (TPSA) is 50.4 Å². The predicted molar refractivity (Wildman–Crippen MR) is 111 cm³/mol. The highest BCUT2D eigenvalue weighted by Crippen LogP contribution is 2.27. The Morgan fingerprint density at radius 2 is 2.00 bits per heavy atom. The lowest BCUT2D eigenvalue weighted by molar-refractivity contribution is -0.115. The summed E-state index contributed by atoms with van der Waals surface area (Å²) in [7, 11) is 1.58. The zero-order valence-electron chi connectivity index (χ0n) is 13.0. The Kier molecular flexibility index (Phi) is 7.25. The minimum absolute atomic E-state index is 0.175. The molecule has 0 heterocycles. The Bertz CT molecular complexity index is 843. The maximum atomic E-state index is 11.9. The van der Waals surface area contributed by atoms with E-state index in [1.165, 1.54) is 6.08 Å². The number of halogens is 3. The smallest absolute Gasteiger partial charge is 0.250 e. The number of hydrogen-bond donors (Lipinski definition) is 2. The fourth-order valence-electron chi connectivity index (χ4n) is 1.86. The first-order valence-corrected chi connectivity index (χ1v) is 8.93. The van der Waals surface area contributed by atoms with E-state index in [1.54, 1.807) is 49.6 Å². The van der Waals surface area contributed by atoms with Crippen LogP contribution in [0, 0.1) is 0 Å². The Morgan fingerprint density at radius 3 is 2.64 bits per heavy atom. The van der Waals surface area contributed by atoms with Gasteiger partial charge in [-0.3, -0.25) is 10.1 Å². The van der Waals surface area contributed by atoms with Gasteiger partial charge in [-0.05, 0) is 70.1 Å². The molecule has 2 N–H and O–H groups in total. The van der Waals surface area contributed by atoms with Crippen molar-refractivity contribution in [1.29, 1.82) is 0 Å². The molecule has 0 fully saturated rings. The zero-order chi connectivity index (χ0) is 18.4. The summed E-state index contributed by atoms with van der Waals surface area (Å²) in [4.78, 5) is 11.9. The van der Waals surface area contributed by atoms with Crippen LogP contribution in [0.2, 0.25) is 10.0 Å². The van der Waals surface area contributed by atoms with Crippen LogP contribution >= 0.6 is 51.3 Å². The molecular formula is C17H13BrCl2N2O2S. The first kappa shape index (κ1) is 19.7. The minimum atomic E-state index is -0.379. The summed E-state index contributed by atoms with van der Waals surface area (Å²) in [6.45, 7) is 0. The highest BCUT2D eigenvalue weighted by atomic mass is 79.9. The van der Waals surface area contributed by atoms with Gasteiger partial charge in [-0.1, -0.05) is 29.3 Å². The first-order chi connectivity index (χ1) is 11.9. The van der Waals surface area contributed by atoms with E-state index >= 15 is 0 Å². The van der Waals surface area contributed by atoms with Crippen molar-refractivity contribution >= 4 is 74.1 Å². The van der Waals surface area contributed by atoms with Crippen LogP contribution in [0.15, 0.2) is 46.9 Å². The van der Waals surface area contributed by atoms with E-state index in [0.717, 1.165) is 4.47 Å².